The van der Waals surface area contributed by atoms with Crippen LogP contribution in [-0.4, -0.2) is 0 Å². The smallest absolute Gasteiger partial charge is 0.0414 e. The molecule has 88 valence electrons. The maximum atomic E-state index is 2.43. The van der Waals surface area contributed by atoms with Crippen molar-refractivity contribution in [2.45, 2.75) is 77.6 Å². The van der Waals surface area contributed by atoms with Gasteiger partial charge in [-0.1, -0.05) is 77.6 Å². The Morgan fingerprint density at radius 3 is 1.80 bits per heavy atom. The van der Waals surface area contributed by atoms with Crippen molar-refractivity contribution in [1.29, 1.82) is 0 Å². The topological polar surface area (TPSA) is 0 Å². The molecule has 0 atom stereocenters. The Morgan fingerprint density at radius 1 is 0.667 bits per heavy atom. The van der Waals surface area contributed by atoms with Crippen molar-refractivity contribution in [3.8, 4) is 0 Å². The lowest BCUT2D eigenvalue weighted by Crippen LogP contribution is -2.14. The Balaban J connectivity index is 1.60. The van der Waals surface area contributed by atoms with Crippen molar-refractivity contribution in [3.05, 3.63) is 0 Å². The van der Waals surface area contributed by atoms with Gasteiger partial charge >= 0.3 is 0 Å². The van der Waals surface area contributed by atoms with Gasteiger partial charge in [0.2, 0.25) is 0 Å². The zero-order valence-corrected chi connectivity index (χ0v) is 10.5. The molecule has 0 radical (unpaired) electrons. The van der Waals surface area contributed by atoms with E-state index in [1.54, 1.807) is 25.7 Å². The van der Waals surface area contributed by atoms with Crippen molar-refractivity contribution in [2.24, 2.45) is 17.8 Å². The molecule has 2 fully saturated rings. The summed E-state index contributed by atoms with van der Waals surface area (Å²) in [4.78, 5) is 0. The Labute approximate surface area is 95.8 Å². The first-order valence-corrected chi connectivity index (χ1v) is 7.34. The molecule has 0 nitrogen and oxygen atoms in total. The van der Waals surface area contributed by atoms with Crippen LogP contribution in [0, 0.1) is 17.8 Å². The Bertz CT molecular complexity index is 159. The van der Waals surface area contributed by atoms with Gasteiger partial charge in [-0.15, -0.1) is 0 Å². The van der Waals surface area contributed by atoms with Gasteiger partial charge in [0, 0.05) is 0 Å². The lowest BCUT2D eigenvalue weighted by atomic mass is 9.78. The lowest BCUT2D eigenvalue weighted by molar-refractivity contribution is 0.244. The van der Waals surface area contributed by atoms with Crippen LogP contribution < -0.4 is 0 Å². The molecule has 2 saturated carbocycles. The molecule has 2 aliphatic carbocycles. The first-order valence-electron chi connectivity index (χ1n) is 7.34. The van der Waals surface area contributed by atoms with E-state index in [9.17, 15) is 0 Å². The second kappa shape index (κ2) is 5.92. The molecule has 0 aromatic rings. The standard InChI is InChI=1S/C15H28/c1-13-7-9-15(10-8-13)12-11-14-5-3-2-4-6-14/h13-15H,2-12H2,1H3. The van der Waals surface area contributed by atoms with Crippen molar-refractivity contribution >= 4 is 0 Å². The highest BCUT2D eigenvalue weighted by atomic mass is 14.3. The molecule has 0 spiro atoms. The molecular weight excluding hydrogens is 180 g/mol. The lowest BCUT2D eigenvalue weighted by Gasteiger charge is -2.28. The number of hydrogen-bond donors (Lipinski definition) is 0. The summed E-state index contributed by atoms with van der Waals surface area (Å²) in [6.07, 6.45) is 16.8. The van der Waals surface area contributed by atoms with E-state index in [2.05, 4.69) is 6.92 Å². The Hall–Kier alpha value is 0. The van der Waals surface area contributed by atoms with Crippen LogP contribution in [0.3, 0.4) is 0 Å². The first-order chi connectivity index (χ1) is 7.34. The van der Waals surface area contributed by atoms with Gasteiger partial charge in [0.1, 0.15) is 0 Å². The molecule has 15 heavy (non-hydrogen) atoms. The van der Waals surface area contributed by atoms with Gasteiger partial charge in [-0.2, -0.15) is 0 Å². The third-order valence-corrected chi connectivity index (χ3v) is 4.84. The fourth-order valence-corrected chi connectivity index (χ4v) is 3.57. The normalized spacial score (nSPS) is 34.2. The molecule has 0 aromatic carbocycles. The Morgan fingerprint density at radius 2 is 1.20 bits per heavy atom. The predicted molar refractivity (Wildman–Crippen MR) is 66.9 cm³/mol. The van der Waals surface area contributed by atoms with E-state index in [1.165, 1.54) is 44.9 Å². The molecule has 0 heterocycles. The molecule has 0 unspecified atom stereocenters. The average Bonchev–Trinajstić information content (AvgIpc) is 2.30. The van der Waals surface area contributed by atoms with E-state index < -0.39 is 0 Å². The van der Waals surface area contributed by atoms with Crippen LogP contribution in [0.5, 0.6) is 0 Å². The van der Waals surface area contributed by atoms with Crippen LogP contribution in [0.2, 0.25) is 0 Å². The van der Waals surface area contributed by atoms with Gasteiger partial charge in [-0.05, 0) is 17.8 Å². The minimum Gasteiger partial charge on any atom is -0.0625 e. The van der Waals surface area contributed by atoms with Gasteiger partial charge in [0.25, 0.3) is 0 Å². The van der Waals surface area contributed by atoms with Crippen molar-refractivity contribution < 1.29 is 0 Å². The maximum absolute atomic E-state index is 2.43. The fourth-order valence-electron chi connectivity index (χ4n) is 3.57. The molecule has 0 heteroatoms. The van der Waals surface area contributed by atoms with Gasteiger partial charge in [0.05, 0.1) is 0 Å². The van der Waals surface area contributed by atoms with Crippen LogP contribution >= 0.6 is 0 Å². The number of hydrogen-bond acceptors (Lipinski definition) is 0. The second-order valence-corrected chi connectivity index (χ2v) is 6.21. The van der Waals surface area contributed by atoms with E-state index in [4.69, 9.17) is 0 Å². The highest BCUT2D eigenvalue weighted by Gasteiger charge is 2.20. The van der Waals surface area contributed by atoms with Crippen LogP contribution in [-0.2, 0) is 0 Å². The van der Waals surface area contributed by atoms with E-state index >= 15 is 0 Å². The van der Waals surface area contributed by atoms with Crippen LogP contribution in [0.1, 0.15) is 77.6 Å². The molecule has 0 aliphatic heterocycles. The van der Waals surface area contributed by atoms with Gasteiger partial charge < -0.3 is 0 Å². The largest absolute Gasteiger partial charge is 0.0625 e. The third kappa shape index (κ3) is 3.81. The van der Waals surface area contributed by atoms with Gasteiger partial charge in [-0.25, -0.2) is 0 Å². The molecule has 2 rings (SSSR count). The van der Waals surface area contributed by atoms with E-state index in [0.717, 1.165) is 17.8 Å². The molecule has 2 aliphatic rings. The molecule has 0 saturated heterocycles. The summed E-state index contributed by atoms with van der Waals surface area (Å²) in [6, 6.07) is 0. The quantitative estimate of drug-likeness (QED) is 0.600. The van der Waals surface area contributed by atoms with E-state index in [1.807, 2.05) is 0 Å². The summed E-state index contributed by atoms with van der Waals surface area (Å²) in [7, 11) is 0. The fraction of sp³-hybridized carbons (Fsp3) is 1.00. The van der Waals surface area contributed by atoms with E-state index in [-0.39, 0.29) is 0 Å². The monoisotopic (exact) mass is 208 g/mol. The van der Waals surface area contributed by atoms with Crippen LogP contribution in [0.4, 0.5) is 0 Å². The zero-order valence-electron chi connectivity index (χ0n) is 10.5. The summed E-state index contributed by atoms with van der Waals surface area (Å²) < 4.78 is 0. The SMILES string of the molecule is CC1CCC(CCC2CCCCC2)CC1. The molecule has 0 N–H and O–H groups in total. The van der Waals surface area contributed by atoms with Gasteiger partial charge in [-0.3, -0.25) is 0 Å². The summed E-state index contributed by atoms with van der Waals surface area (Å²) in [6.45, 7) is 2.43. The van der Waals surface area contributed by atoms with Crippen LogP contribution in [0.25, 0.3) is 0 Å². The highest BCUT2D eigenvalue weighted by Crippen LogP contribution is 2.34. The summed E-state index contributed by atoms with van der Waals surface area (Å²) in [5.74, 6) is 3.23. The summed E-state index contributed by atoms with van der Waals surface area (Å²) in [5, 5.41) is 0. The van der Waals surface area contributed by atoms with E-state index in [0.29, 0.717) is 0 Å². The van der Waals surface area contributed by atoms with Crippen molar-refractivity contribution in [1.82, 2.24) is 0 Å². The highest BCUT2D eigenvalue weighted by molar-refractivity contribution is 4.73. The first kappa shape index (κ1) is 11.5. The molecular formula is C15H28. The zero-order chi connectivity index (χ0) is 10.5. The van der Waals surface area contributed by atoms with Crippen LogP contribution in [0.15, 0.2) is 0 Å². The summed E-state index contributed by atoms with van der Waals surface area (Å²) in [5.41, 5.74) is 0. The average molecular weight is 208 g/mol. The minimum atomic E-state index is 1.02. The minimum absolute atomic E-state index is 1.02. The molecule has 0 aromatic heterocycles. The van der Waals surface area contributed by atoms with Gasteiger partial charge in [0.15, 0.2) is 0 Å². The predicted octanol–water partition coefficient (Wildman–Crippen LogP) is 5.17. The van der Waals surface area contributed by atoms with Crippen molar-refractivity contribution in [3.63, 3.8) is 0 Å². The Kier molecular flexibility index (Phi) is 4.53. The number of rotatable bonds is 3. The van der Waals surface area contributed by atoms with Crippen molar-refractivity contribution in [2.75, 3.05) is 0 Å². The molecule has 0 bridgehead atoms. The second-order valence-electron chi connectivity index (χ2n) is 6.21. The molecule has 0 amide bonds. The maximum Gasteiger partial charge on any atom is -0.0414 e. The third-order valence-electron chi connectivity index (χ3n) is 4.84. The summed E-state index contributed by atoms with van der Waals surface area (Å²) >= 11 is 0.